The number of anilines is 1. The number of alkyl carbamates (subject to hydrolysis) is 1. The molecule has 8 nitrogen and oxygen atoms in total. The number of nitrogens with zero attached hydrogens (tertiary/aromatic N) is 1. The van der Waals surface area contributed by atoms with Gasteiger partial charge in [0.1, 0.15) is 12.3 Å². The third kappa shape index (κ3) is 5.07. The molecule has 0 unspecified atom stereocenters. The van der Waals surface area contributed by atoms with E-state index in [1.54, 1.807) is 0 Å². The molecule has 3 N–H and O–H groups in total. The first-order valence-electron chi connectivity index (χ1n) is 10.3. The molecular formula is C25H21N3O5. The van der Waals surface area contributed by atoms with Crippen molar-refractivity contribution in [2.45, 2.75) is 5.92 Å². The number of ether oxygens (including phenoxy) is 1. The molecular weight excluding hydrogens is 422 g/mol. The van der Waals surface area contributed by atoms with Crippen molar-refractivity contribution in [1.29, 1.82) is 0 Å². The van der Waals surface area contributed by atoms with Gasteiger partial charge in [-0.1, -0.05) is 54.6 Å². The van der Waals surface area contributed by atoms with E-state index in [0.717, 1.165) is 22.3 Å². The number of hydrogen-bond acceptors (Lipinski definition) is 5. The fraction of sp³-hybridized carbons (Fsp3) is 0.120. The van der Waals surface area contributed by atoms with E-state index in [1.807, 2.05) is 36.4 Å². The van der Waals surface area contributed by atoms with Gasteiger partial charge >= 0.3 is 12.1 Å². The van der Waals surface area contributed by atoms with Crippen LogP contribution in [0.1, 0.15) is 27.5 Å². The van der Waals surface area contributed by atoms with E-state index in [1.165, 1.54) is 30.5 Å². The zero-order valence-electron chi connectivity index (χ0n) is 17.5. The second kappa shape index (κ2) is 9.78. The molecule has 33 heavy (non-hydrogen) atoms. The number of aromatic nitrogens is 1. The monoisotopic (exact) mass is 443 g/mol. The number of carboxylic acid groups (broad SMARTS) is 1. The van der Waals surface area contributed by atoms with Crippen LogP contribution in [0.5, 0.6) is 0 Å². The molecule has 1 aliphatic carbocycles. The number of carboxylic acids is 1. The van der Waals surface area contributed by atoms with E-state index < -0.39 is 18.0 Å². The number of aromatic carboxylic acids is 1. The van der Waals surface area contributed by atoms with Gasteiger partial charge in [-0.15, -0.1) is 0 Å². The maximum atomic E-state index is 12.1. The summed E-state index contributed by atoms with van der Waals surface area (Å²) in [6, 6.07) is 18.9. The number of pyridine rings is 1. The first kappa shape index (κ1) is 21.8. The molecule has 0 atom stereocenters. The van der Waals surface area contributed by atoms with E-state index in [0.29, 0.717) is 5.69 Å². The Morgan fingerprint density at radius 3 is 2.24 bits per heavy atom. The minimum atomic E-state index is -1.15. The molecule has 2 amide bonds. The van der Waals surface area contributed by atoms with Crippen molar-refractivity contribution in [3.63, 3.8) is 0 Å². The summed E-state index contributed by atoms with van der Waals surface area (Å²) in [6.45, 7) is 0.323. The van der Waals surface area contributed by atoms with Crippen LogP contribution in [0.2, 0.25) is 0 Å². The van der Waals surface area contributed by atoms with Crippen molar-refractivity contribution in [2.24, 2.45) is 0 Å². The Hall–Kier alpha value is -4.46. The highest BCUT2D eigenvalue weighted by atomic mass is 16.5. The summed E-state index contributed by atoms with van der Waals surface area (Å²) in [5.74, 6) is -1.60. The summed E-state index contributed by atoms with van der Waals surface area (Å²) >= 11 is 0. The summed E-state index contributed by atoms with van der Waals surface area (Å²) in [5.41, 5.74) is 4.82. The smallest absolute Gasteiger partial charge is 0.407 e. The molecule has 1 aliphatic rings. The molecule has 0 fully saturated rings. The van der Waals surface area contributed by atoms with Crippen LogP contribution >= 0.6 is 0 Å². The molecule has 2 aromatic carbocycles. The Morgan fingerprint density at radius 2 is 1.64 bits per heavy atom. The van der Waals surface area contributed by atoms with Crippen LogP contribution < -0.4 is 10.6 Å². The van der Waals surface area contributed by atoms with Crippen molar-refractivity contribution in [3.8, 4) is 11.1 Å². The zero-order chi connectivity index (χ0) is 23.2. The van der Waals surface area contributed by atoms with Crippen LogP contribution in [0.15, 0.2) is 79.0 Å². The van der Waals surface area contributed by atoms with E-state index in [9.17, 15) is 14.4 Å². The average Bonchev–Trinajstić information content (AvgIpc) is 3.14. The van der Waals surface area contributed by atoms with Gasteiger partial charge in [0, 0.05) is 18.5 Å². The van der Waals surface area contributed by atoms with Crippen molar-refractivity contribution in [2.75, 3.05) is 18.5 Å². The summed E-state index contributed by atoms with van der Waals surface area (Å²) in [6.07, 6.45) is 3.42. The number of fused-ring (bicyclic) bond motifs is 3. The number of nitrogens with one attached hydrogen (secondary N) is 2. The summed E-state index contributed by atoms with van der Waals surface area (Å²) in [4.78, 5) is 38.6. The number of rotatable bonds is 7. The molecule has 0 aliphatic heterocycles. The Morgan fingerprint density at radius 1 is 0.970 bits per heavy atom. The predicted octanol–water partition coefficient (Wildman–Crippen LogP) is 3.81. The third-order valence-corrected chi connectivity index (χ3v) is 5.23. The molecule has 0 bridgehead atoms. The fourth-order valence-corrected chi connectivity index (χ4v) is 3.74. The van der Waals surface area contributed by atoms with Crippen LogP contribution in [-0.4, -0.2) is 41.2 Å². The lowest BCUT2D eigenvalue weighted by Gasteiger charge is -2.14. The maximum absolute atomic E-state index is 12.1. The van der Waals surface area contributed by atoms with Gasteiger partial charge in [0.2, 0.25) is 5.91 Å². The highest BCUT2D eigenvalue weighted by molar-refractivity contribution is 5.99. The van der Waals surface area contributed by atoms with Crippen LogP contribution in [0.3, 0.4) is 0 Å². The lowest BCUT2D eigenvalue weighted by Crippen LogP contribution is -2.26. The number of carbonyl (C=O) groups excluding carboxylic acids is 2. The van der Waals surface area contributed by atoms with Crippen LogP contribution in [0.25, 0.3) is 11.1 Å². The summed E-state index contributed by atoms with van der Waals surface area (Å²) in [5, 5.41) is 14.0. The van der Waals surface area contributed by atoms with Gasteiger partial charge in [-0.25, -0.2) is 14.6 Å². The van der Waals surface area contributed by atoms with Gasteiger partial charge in [0.15, 0.2) is 0 Å². The SMILES string of the molecule is O=C(/C=C/CNC(=O)OCC1c2ccccc2-c2ccccc21)Nc1ccc(C(=O)O)nc1. The second-order valence-corrected chi connectivity index (χ2v) is 7.34. The standard InChI is InChI=1S/C25H21N3O5/c29-23(28-16-11-12-22(24(30)31)27-14-16)10-5-13-26-25(32)33-15-21-19-8-3-1-6-17(19)18-7-2-4-9-20(18)21/h1-12,14,21H,13,15H2,(H,26,32)(H,28,29)(H,30,31)/b10-5+. The van der Waals surface area contributed by atoms with E-state index >= 15 is 0 Å². The molecule has 166 valence electrons. The molecule has 4 rings (SSSR count). The first-order chi connectivity index (χ1) is 16.0. The molecule has 0 radical (unpaired) electrons. The average molecular weight is 443 g/mol. The molecule has 8 heteroatoms. The lowest BCUT2D eigenvalue weighted by molar-refractivity contribution is -0.111. The van der Waals surface area contributed by atoms with Crippen molar-refractivity contribution in [1.82, 2.24) is 10.3 Å². The van der Waals surface area contributed by atoms with Gasteiger partial charge < -0.3 is 20.5 Å². The quantitative estimate of drug-likeness (QED) is 0.478. The highest BCUT2D eigenvalue weighted by Gasteiger charge is 2.28. The topological polar surface area (TPSA) is 118 Å². The summed E-state index contributed by atoms with van der Waals surface area (Å²) in [7, 11) is 0. The Bertz CT molecular complexity index is 1180. The number of hydrogen-bond donors (Lipinski definition) is 3. The zero-order valence-corrected chi connectivity index (χ0v) is 17.5. The minimum Gasteiger partial charge on any atom is -0.477 e. The van der Waals surface area contributed by atoms with Crippen LogP contribution in [-0.2, 0) is 9.53 Å². The molecule has 0 saturated heterocycles. The second-order valence-electron chi connectivity index (χ2n) is 7.34. The lowest BCUT2D eigenvalue weighted by atomic mass is 9.98. The van der Waals surface area contributed by atoms with Gasteiger partial charge in [0.05, 0.1) is 11.9 Å². The minimum absolute atomic E-state index is 0.0226. The number of carbonyl (C=O) groups is 3. The highest BCUT2D eigenvalue weighted by Crippen LogP contribution is 2.44. The fourth-order valence-electron chi connectivity index (χ4n) is 3.74. The third-order valence-electron chi connectivity index (χ3n) is 5.23. The van der Waals surface area contributed by atoms with Gasteiger partial charge in [-0.05, 0) is 34.4 Å². The number of amides is 2. The Balaban J connectivity index is 1.24. The van der Waals surface area contributed by atoms with Crippen molar-refractivity contribution < 1.29 is 24.2 Å². The first-order valence-corrected chi connectivity index (χ1v) is 10.3. The van der Waals surface area contributed by atoms with E-state index in [4.69, 9.17) is 9.84 Å². The van der Waals surface area contributed by atoms with Gasteiger partial charge in [-0.2, -0.15) is 0 Å². The van der Waals surface area contributed by atoms with Crippen molar-refractivity contribution in [3.05, 3.63) is 95.8 Å². The number of benzene rings is 2. The maximum Gasteiger partial charge on any atom is 0.407 e. The molecule has 3 aromatic rings. The van der Waals surface area contributed by atoms with Gasteiger partial charge in [-0.3, -0.25) is 4.79 Å². The molecule has 0 spiro atoms. The molecule has 0 saturated carbocycles. The van der Waals surface area contributed by atoms with Crippen LogP contribution in [0.4, 0.5) is 10.5 Å². The largest absolute Gasteiger partial charge is 0.477 e. The summed E-state index contributed by atoms with van der Waals surface area (Å²) < 4.78 is 5.43. The van der Waals surface area contributed by atoms with Crippen molar-refractivity contribution >= 4 is 23.7 Å². The Labute approximate surface area is 189 Å². The Kier molecular flexibility index (Phi) is 6.45. The predicted molar refractivity (Wildman–Crippen MR) is 122 cm³/mol. The van der Waals surface area contributed by atoms with Crippen LogP contribution in [0, 0.1) is 0 Å². The molecule has 1 aromatic heterocycles. The van der Waals surface area contributed by atoms with E-state index in [-0.39, 0.29) is 24.8 Å². The van der Waals surface area contributed by atoms with E-state index in [2.05, 4.69) is 27.8 Å². The van der Waals surface area contributed by atoms with Gasteiger partial charge in [0.25, 0.3) is 0 Å². The normalized spacial score (nSPS) is 12.1. The molecule has 1 heterocycles.